The lowest BCUT2D eigenvalue weighted by molar-refractivity contribution is -0.116. The molecule has 3 heterocycles. The first-order valence-corrected chi connectivity index (χ1v) is 12.1. The molecule has 2 aromatic carbocycles. The lowest BCUT2D eigenvalue weighted by Crippen LogP contribution is -2.40. The number of ether oxygens (including phenoxy) is 3. The van der Waals surface area contributed by atoms with Gasteiger partial charge in [-0.3, -0.25) is 14.2 Å². The first-order chi connectivity index (χ1) is 16.6. The second-order valence-corrected chi connectivity index (χ2v) is 9.41. The van der Waals surface area contributed by atoms with Crippen molar-refractivity contribution >= 4 is 23.2 Å². The summed E-state index contributed by atoms with van der Waals surface area (Å²) < 4.78 is 18.8. The minimum Gasteiger partial charge on any atom is -0.497 e. The van der Waals surface area contributed by atoms with Crippen LogP contribution < -0.4 is 29.1 Å². The molecule has 2 aliphatic heterocycles. The summed E-state index contributed by atoms with van der Waals surface area (Å²) >= 11 is 1.34. The maximum atomic E-state index is 13.7. The van der Waals surface area contributed by atoms with E-state index in [1.54, 1.807) is 11.7 Å². The number of carbonyl (C=O) groups is 1. The predicted octanol–water partition coefficient (Wildman–Crippen LogP) is 2.75. The number of rotatable bonds is 3. The average Bonchev–Trinajstić information content (AvgIpc) is 3.17. The SMILES string of the molecule is COc1ccc(C2C3=C(CCCC3=O)N=c3sc(=Cc4ccc5c(c4)OCCO5)c(=O)n32)cc1. The standard InChI is InChI=1S/C26H22N2O5S/c1-31-17-8-6-16(7-9-17)24-23-18(3-2-4-19(23)29)27-26-28(24)25(30)22(34-26)14-15-5-10-20-21(13-15)33-12-11-32-20/h5-10,13-14,24H,2-4,11-12H2,1H3. The van der Waals surface area contributed by atoms with E-state index in [0.29, 0.717) is 46.0 Å². The molecule has 1 aromatic heterocycles. The second kappa shape index (κ2) is 8.29. The van der Waals surface area contributed by atoms with E-state index in [9.17, 15) is 9.59 Å². The molecule has 0 bridgehead atoms. The van der Waals surface area contributed by atoms with Crippen molar-refractivity contribution in [1.29, 1.82) is 0 Å². The molecule has 1 unspecified atom stereocenters. The number of benzene rings is 2. The first-order valence-electron chi connectivity index (χ1n) is 11.2. The lowest BCUT2D eigenvalue weighted by Gasteiger charge is -2.28. The van der Waals surface area contributed by atoms with Gasteiger partial charge in [0.2, 0.25) is 0 Å². The Morgan fingerprint density at radius 3 is 2.65 bits per heavy atom. The van der Waals surface area contributed by atoms with Crippen LogP contribution >= 0.6 is 11.3 Å². The molecule has 0 radical (unpaired) electrons. The summed E-state index contributed by atoms with van der Waals surface area (Å²) in [5.41, 5.74) is 2.98. The molecule has 0 saturated heterocycles. The second-order valence-electron chi connectivity index (χ2n) is 8.40. The molecule has 0 fully saturated rings. The summed E-state index contributed by atoms with van der Waals surface area (Å²) in [6.45, 7) is 1.03. The van der Waals surface area contributed by atoms with Crippen LogP contribution in [0, 0.1) is 0 Å². The lowest BCUT2D eigenvalue weighted by atomic mass is 9.86. The maximum absolute atomic E-state index is 13.7. The summed E-state index contributed by atoms with van der Waals surface area (Å²) in [5.74, 6) is 2.16. The number of ketones is 1. The Morgan fingerprint density at radius 1 is 1.06 bits per heavy atom. The van der Waals surface area contributed by atoms with Gasteiger partial charge in [0.25, 0.3) is 5.56 Å². The van der Waals surface area contributed by atoms with Gasteiger partial charge in [0, 0.05) is 12.0 Å². The summed E-state index contributed by atoms with van der Waals surface area (Å²) in [7, 11) is 1.61. The van der Waals surface area contributed by atoms with Crippen molar-refractivity contribution in [2.75, 3.05) is 20.3 Å². The summed E-state index contributed by atoms with van der Waals surface area (Å²) in [4.78, 5) is 32.1. The van der Waals surface area contributed by atoms with Gasteiger partial charge >= 0.3 is 0 Å². The molecule has 34 heavy (non-hydrogen) atoms. The van der Waals surface area contributed by atoms with Gasteiger partial charge in [0.1, 0.15) is 19.0 Å². The number of thiazole rings is 1. The fourth-order valence-electron chi connectivity index (χ4n) is 4.71. The van der Waals surface area contributed by atoms with E-state index in [-0.39, 0.29) is 11.3 Å². The molecule has 7 nitrogen and oxygen atoms in total. The molecule has 1 atom stereocenters. The highest BCUT2D eigenvalue weighted by molar-refractivity contribution is 7.07. The highest BCUT2D eigenvalue weighted by Gasteiger charge is 2.35. The zero-order chi connectivity index (χ0) is 23.2. The molecule has 0 N–H and O–H groups in total. The van der Waals surface area contributed by atoms with Crippen LogP contribution in [0.2, 0.25) is 0 Å². The summed E-state index contributed by atoms with van der Waals surface area (Å²) in [5, 5.41) is 0. The van der Waals surface area contributed by atoms with E-state index in [4.69, 9.17) is 19.2 Å². The van der Waals surface area contributed by atoms with Gasteiger partial charge in [0.15, 0.2) is 22.1 Å². The number of fused-ring (bicyclic) bond motifs is 2. The van der Waals surface area contributed by atoms with Crippen LogP contribution in [0.15, 0.2) is 63.5 Å². The number of carbonyl (C=O) groups excluding carboxylic acids is 1. The van der Waals surface area contributed by atoms with Crippen LogP contribution in [0.25, 0.3) is 6.08 Å². The Morgan fingerprint density at radius 2 is 1.85 bits per heavy atom. The molecular formula is C26H22N2O5S. The zero-order valence-corrected chi connectivity index (χ0v) is 19.4. The van der Waals surface area contributed by atoms with E-state index in [1.807, 2.05) is 48.5 Å². The molecule has 8 heteroatoms. The highest BCUT2D eigenvalue weighted by Crippen LogP contribution is 2.36. The maximum Gasteiger partial charge on any atom is 0.271 e. The van der Waals surface area contributed by atoms with E-state index in [1.165, 1.54) is 11.3 Å². The van der Waals surface area contributed by atoms with Crippen molar-refractivity contribution in [3.63, 3.8) is 0 Å². The van der Waals surface area contributed by atoms with Gasteiger partial charge in [-0.15, -0.1) is 0 Å². The van der Waals surface area contributed by atoms with Crippen LogP contribution in [-0.4, -0.2) is 30.7 Å². The fourth-order valence-corrected chi connectivity index (χ4v) is 5.73. The van der Waals surface area contributed by atoms with Gasteiger partial charge in [-0.1, -0.05) is 29.5 Å². The van der Waals surface area contributed by atoms with Crippen molar-refractivity contribution in [2.24, 2.45) is 4.99 Å². The highest BCUT2D eigenvalue weighted by atomic mass is 32.1. The largest absolute Gasteiger partial charge is 0.497 e. The Bertz CT molecular complexity index is 1510. The van der Waals surface area contributed by atoms with Crippen molar-refractivity contribution < 1.29 is 19.0 Å². The van der Waals surface area contributed by atoms with Crippen LogP contribution in [0.3, 0.4) is 0 Å². The first kappa shape index (κ1) is 20.9. The molecule has 3 aliphatic rings. The van der Waals surface area contributed by atoms with Gasteiger partial charge in [-0.05, 0) is 54.3 Å². The third-order valence-electron chi connectivity index (χ3n) is 6.32. The van der Waals surface area contributed by atoms with Crippen molar-refractivity contribution in [1.82, 2.24) is 4.57 Å². The Hall–Kier alpha value is -3.65. The number of allylic oxidation sites excluding steroid dienone is 2. The van der Waals surface area contributed by atoms with Crippen LogP contribution in [0.5, 0.6) is 17.2 Å². The van der Waals surface area contributed by atoms with Gasteiger partial charge in [0.05, 0.1) is 23.4 Å². The molecule has 1 aliphatic carbocycles. The van der Waals surface area contributed by atoms with E-state index in [2.05, 4.69) is 0 Å². The number of Topliss-reactive ketones (excluding diaryl/α,β-unsaturated/α-hetero) is 1. The quantitative estimate of drug-likeness (QED) is 0.583. The third kappa shape index (κ3) is 3.45. The van der Waals surface area contributed by atoms with Crippen LogP contribution in [0.4, 0.5) is 0 Å². The molecule has 0 spiro atoms. The van der Waals surface area contributed by atoms with E-state index >= 15 is 0 Å². The smallest absolute Gasteiger partial charge is 0.271 e. The van der Waals surface area contributed by atoms with Crippen molar-refractivity contribution in [2.45, 2.75) is 25.3 Å². The molecule has 172 valence electrons. The molecule has 0 saturated carbocycles. The van der Waals surface area contributed by atoms with E-state index in [0.717, 1.165) is 35.4 Å². The van der Waals surface area contributed by atoms with E-state index < -0.39 is 6.04 Å². The normalized spacial score (nSPS) is 19.4. The number of hydrogen-bond acceptors (Lipinski definition) is 7. The molecule has 3 aromatic rings. The Balaban J connectivity index is 1.52. The van der Waals surface area contributed by atoms with Gasteiger partial charge in [-0.25, -0.2) is 4.99 Å². The van der Waals surface area contributed by atoms with Crippen molar-refractivity contribution in [3.05, 3.63) is 84.5 Å². The number of methoxy groups -OCH3 is 1. The Kier molecular flexibility index (Phi) is 5.10. The number of nitrogens with zero attached hydrogens (tertiary/aromatic N) is 2. The van der Waals surface area contributed by atoms with Crippen molar-refractivity contribution in [3.8, 4) is 17.2 Å². The Labute approximate surface area is 199 Å². The topological polar surface area (TPSA) is 79.1 Å². The van der Waals surface area contributed by atoms with Gasteiger partial charge in [-0.2, -0.15) is 0 Å². The summed E-state index contributed by atoms with van der Waals surface area (Å²) in [6, 6.07) is 12.7. The molecular weight excluding hydrogens is 452 g/mol. The fraction of sp³-hybridized carbons (Fsp3) is 0.269. The zero-order valence-electron chi connectivity index (χ0n) is 18.6. The average molecular weight is 475 g/mol. The van der Waals surface area contributed by atoms with Crippen LogP contribution in [-0.2, 0) is 4.79 Å². The molecule has 6 rings (SSSR count). The van der Waals surface area contributed by atoms with Crippen LogP contribution in [0.1, 0.15) is 36.4 Å². The molecule has 0 amide bonds. The van der Waals surface area contributed by atoms with Gasteiger partial charge < -0.3 is 14.2 Å². The minimum atomic E-state index is -0.493. The minimum absolute atomic E-state index is 0.0620. The number of aromatic nitrogens is 1. The number of hydrogen-bond donors (Lipinski definition) is 0. The predicted molar refractivity (Wildman–Crippen MR) is 127 cm³/mol. The summed E-state index contributed by atoms with van der Waals surface area (Å²) in [6.07, 6.45) is 3.84. The third-order valence-corrected chi connectivity index (χ3v) is 7.31. The monoisotopic (exact) mass is 474 g/mol.